The highest BCUT2D eigenvalue weighted by molar-refractivity contribution is 7.98. The van der Waals surface area contributed by atoms with Gasteiger partial charge in [-0.2, -0.15) is 24.4 Å². The van der Waals surface area contributed by atoms with Crippen molar-refractivity contribution in [3.8, 4) is 0 Å². The number of rotatable bonds is 29. The van der Waals surface area contributed by atoms with E-state index in [0.29, 0.717) is 24.2 Å². The number of nitrogens with two attached hydrogens (primary N) is 3. The summed E-state index contributed by atoms with van der Waals surface area (Å²) in [5.41, 5.74) is 17.4. The lowest BCUT2D eigenvalue weighted by Crippen LogP contribution is -2.60. The Labute approximate surface area is 399 Å². The maximum atomic E-state index is 13.7. The predicted molar refractivity (Wildman–Crippen MR) is 254 cm³/mol. The highest BCUT2D eigenvalue weighted by Gasteiger charge is 2.38. The molecule has 15 N–H and O–H groups in total. The quantitative estimate of drug-likeness (QED) is 0.0160. The average molecular weight is 981 g/mol. The van der Waals surface area contributed by atoms with Crippen molar-refractivity contribution in [2.45, 2.75) is 114 Å². The summed E-state index contributed by atoms with van der Waals surface area (Å²) in [5, 5.41) is 37.0. The first-order chi connectivity index (χ1) is 31.7. The number of carbonyl (C=O) groups is 9. The number of carboxylic acid groups (broad SMARTS) is 1. The van der Waals surface area contributed by atoms with Gasteiger partial charge in [-0.05, 0) is 68.9 Å². The van der Waals surface area contributed by atoms with Crippen LogP contribution in [0.1, 0.15) is 64.9 Å². The third-order valence-electron chi connectivity index (χ3n) is 10.4. The van der Waals surface area contributed by atoms with Crippen molar-refractivity contribution in [1.29, 1.82) is 0 Å². The number of hydrogen-bond acceptors (Lipinski definition) is 14. The Morgan fingerprint density at radius 3 is 2.04 bits per heavy atom. The van der Waals surface area contributed by atoms with E-state index in [-0.39, 0.29) is 62.8 Å². The number of likely N-dealkylation sites (tertiary alicyclic amines) is 1. The van der Waals surface area contributed by atoms with Gasteiger partial charge in [-0.15, -0.1) is 0 Å². The van der Waals surface area contributed by atoms with E-state index in [2.05, 4.69) is 54.8 Å². The molecular formula is C42H68N12O11S2. The molecule has 0 unspecified atom stereocenters. The molecule has 0 saturated carbocycles. The molecule has 0 spiro atoms. The Kier molecular flexibility index (Phi) is 25.6. The number of aliphatic imine (C=N–C) groups is 1. The van der Waals surface area contributed by atoms with Gasteiger partial charge in [-0.3, -0.25) is 43.3 Å². The van der Waals surface area contributed by atoms with Crippen LogP contribution in [0.2, 0.25) is 0 Å². The second-order valence-corrected chi connectivity index (χ2v) is 17.7. The Morgan fingerprint density at radius 1 is 0.821 bits per heavy atom. The van der Waals surface area contributed by atoms with E-state index < -0.39 is 115 Å². The fraction of sp³-hybridized carbons (Fsp3) is 0.619. The lowest BCUT2D eigenvalue weighted by Gasteiger charge is -2.29. The molecular weight excluding hydrogens is 913 g/mol. The van der Waals surface area contributed by atoms with Crippen LogP contribution in [-0.4, -0.2) is 167 Å². The summed E-state index contributed by atoms with van der Waals surface area (Å²) < 4.78 is 0. The third kappa shape index (κ3) is 20.4. The molecule has 0 aliphatic carbocycles. The SMILES string of the molecule is CSCC[C@H](N)C(=O)N[C@@H](C)C(=O)N1CCC[C@H]1C(=O)N[C@@H](CCCN=C(N)N)C(=O)NCC(=O)N[C@@H](Cc1ccccc1)C(=O)N[C@@H](CO)C(=O)N[C@@H](CS)C(=O)N[C@@H](CC(C)C)C(=O)O. The van der Waals surface area contributed by atoms with Crippen molar-refractivity contribution in [2.75, 3.05) is 44.0 Å². The number of nitrogens with zero attached hydrogens (tertiary/aromatic N) is 2. The molecule has 0 aromatic heterocycles. The van der Waals surface area contributed by atoms with E-state index >= 15 is 0 Å². The summed E-state index contributed by atoms with van der Waals surface area (Å²) in [6, 6.07) is -1.14. The number of thiol groups is 1. The molecule has 1 aliphatic heterocycles. The number of hydrogen-bond donors (Lipinski definition) is 13. The van der Waals surface area contributed by atoms with Gasteiger partial charge in [0.1, 0.15) is 42.3 Å². The van der Waals surface area contributed by atoms with Crippen molar-refractivity contribution < 1.29 is 53.4 Å². The van der Waals surface area contributed by atoms with E-state index in [4.69, 9.17) is 17.2 Å². The van der Waals surface area contributed by atoms with Gasteiger partial charge in [0.05, 0.1) is 19.2 Å². The second-order valence-electron chi connectivity index (χ2n) is 16.4. The number of carbonyl (C=O) groups excluding carboxylic acids is 8. The standard InChI is InChI=1S/C42H68N12O11S2/c1-23(2)18-29(41(64)65)51-38(61)31(22-66)53-37(60)30(21-55)52-36(59)28(19-25-10-6-5-7-11-25)49-33(56)20-47-35(58)27(12-8-15-46-42(44)45)50-39(62)32-13-9-16-54(32)40(63)24(3)48-34(57)26(43)14-17-67-4/h5-7,10-11,23-24,26-32,55,66H,8-9,12-22,43H2,1-4H3,(H,47,58)(H,48,57)(H,49,56)(H,50,62)(H,51,61)(H,52,59)(H,53,60)(H,64,65)(H4,44,45,46)/t24-,26-,27-,28-,29-,30-,31-,32-/m0/s1. The van der Waals surface area contributed by atoms with Gasteiger partial charge in [0.2, 0.25) is 47.3 Å². The highest BCUT2D eigenvalue weighted by Crippen LogP contribution is 2.19. The number of amides is 8. The third-order valence-corrected chi connectivity index (χ3v) is 11.4. The summed E-state index contributed by atoms with van der Waals surface area (Å²) in [6.45, 7) is 3.74. The molecule has 1 heterocycles. The molecule has 1 aliphatic rings. The topological polar surface area (TPSA) is 372 Å². The zero-order chi connectivity index (χ0) is 50.2. The Hall–Kier alpha value is -5.66. The number of carboxylic acids is 1. The fourth-order valence-electron chi connectivity index (χ4n) is 6.84. The molecule has 374 valence electrons. The van der Waals surface area contributed by atoms with Gasteiger partial charge in [-0.1, -0.05) is 44.2 Å². The number of aliphatic carboxylic acids is 1. The molecule has 25 heteroatoms. The monoisotopic (exact) mass is 980 g/mol. The lowest BCUT2D eigenvalue weighted by molar-refractivity contribution is -0.142. The van der Waals surface area contributed by atoms with Gasteiger partial charge >= 0.3 is 5.97 Å². The number of aliphatic hydroxyl groups excluding tert-OH is 1. The van der Waals surface area contributed by atoms with E-state index in [0.717, 1.165) is 0 Å². The number of thioether (sulfide) groups is 1. The van der Waals surface area contributed by atoms with Crippen LogP contribution < -0.4 is 54.4 Å². The van der Waals surface area contributed by atoms with Crippen molar-refractivity contribution in [3.05, 3.63) is 35.9 Å². The largest absolute Gasteiger partial charge is 0.480 e. The average Bonchev–Trinajstić information content (AvgIpc) is 3.78. The zero-order valence-corrected chi connectivity index (χ0v) is 40.0. The van der Waals surface area contributed by atoms with Gasteiger partial charge in [0.25, 0.3) is 0 Å². The van der Waals surface area contributed by atoms with Gasteiger partial charge in [-0.25, -0.2) is 4.79 Å². The molecule has 1 aromatic rings. The molecule has 8 atom stereocenters. The normalized spacial score (nSPS) is 16.4. The van der Waals surface area contributed by atoms with Crippen LogP contribution in [0.25, 0.3) is 0 Å². The zero-order valence-electron chi connectivity index (χ0n) is 38.3. The first-order valence-corrected chi connectivity index (χ1v) is 23.9. The van der Waals surface area contributed by atoms with Gasteiger partial charge in [0, 0.05) is 25.3 Å². The lowest BCUT2D eigenvalue weighted by atomic mass is 10.0. The second kappa shape index (κ2) is 29.9. The van der Waals surface area contributed by atoms with E-state index in [1.807, 2.05) is 6.26 Å². The first kappa shape index (κ1) is 57.5. The highest BCUT2D eigenvalue weighted by atomic mass is 32.2. The van der Waals surface area contributed by atoms with Crippen LogP contribution in [0, 0.1) is 5.92 Å². The molecule has 67 heavy (non-hydrogen) atoms. The predicted octanol–water partition coefficient (Wildman–Crippen LogP) is -3.55. The van der Waals surface area contributed by atoms with Crippen LogP contribution in [0.3, 0.4) is 0 Å². The number of guanidine groups is 1. The summed E-state index contributed by atoms with van der Waals surface area (Å²) >= 11 is 5.63. The van der Waals surface area contributed by atoms with E-state index in [1.54, 1.807) is 44.2 Å². The maximum Gasteiger partial charge on any atom is 0.326 e. The Morgan fingerprint density at radius 2 is 1.45 bits per heavy atom. The molecule has 2 rings (SSSR count). The molecule has 1 saturated heterocycles. The van der Waals surface area contributed by atoms with Gasteiger partial charge < -0.3 is 69.5 Å². The number of benzene rings is 1. The number of nitrogens with one attached hydrogen (secondary N) is 7. The molecule has 1 fully saturated rings. The minimum Gasteiger partial charge on any atom is -0.480 e. The Bertz CT molecular complexity index is 1880. The first-order valence-electron chi connectivity index (χ1n) is 21.9. The molecule has 0 radical (unpaired) electrons. The van der Waals surface area contributed by atoms with Crippen LogP contribution in [0.15, 0.2) is 35.3 Å². The minimum atomic E-state index is -1.63. The number of aliphatic hydroxyl groups is 1. The van der Waals surface area contributed by atoms with Crippen LogP contribution in [0.4, 0.5) is 0 Å². The molecule has 0 bridgehead atoms. The van der Waals surface area contributed by atoms with Crippen LogP contribution in [-0.2, 0) is 49.6 Å². The smallest absolute Gasteiger partial charge is 0.326 e. The summed E-state index contributed by atoms with van der Waals surface area (Å²) in [4.78, 5) is 124. The van der Waals surface area contributed by atoms with Crippen LogP contribution in [0.5, 0.6) is 0 Å². The fourth-order valence-corrected chi connectivity index (χ4v) is 7.59. The van der Waals surface area contributed by atoms with E-state index in [1.165, 1.54) is 23.6 Å². The van der Waals surface area contributed by atoms with Crippen molar-refractivity contribution >= 4 is 83.6 Å². The summed E-state index contributed by atoms with van der Waals surface area (Å²) in [5.74, 6) is -7.21. The molecule has 1 aromatic carbocycles. The van der Waals surface area contributed by atoms with E-state index in [9.17, 15) is 53.4 Å². The van der Waals surface area contributed by atoms with Crippen molar-refractivity contribution in [1.82, 2.24) is 42.1 Å². The maximum absolute atomic E-state index is 13.7. The summed E-state index contributed by atoms with van der Waals surface area (Å²) in [6.07, 6.45) is 3.27. The molecule has 8 amide bonds. The van der Waals surface area contributed by atoms with Crippen LogP contribution >= 0.6 is 24.4 Å². The Balaban J connectivity index is 2.19. The van der Waals surface area contributed by atoms with Crippen molar-refractivity contribution in [2.24, 2.45) is 28.1 Å². The molecule has 23 nitrogen and oxygen atoms in total. The summed E-state index contributed by atoms with van der Waals surface area (Å²) in [7, 11) is 0. The van der Waals surface area contributed by atoms with Crippen molar-refractivity contribution in [3.63, 3.8) is 0 Å². The van der Waals surface area contributed by atoms with Gasteiger partial charge in [0.15, 0.2) is 5.96 Å². The minimum absolute atomic E-state index is 0.00844.